The summed E-state index contributed by atoms with van der Waals surface area (Å²) >= 11 is 0. The molecule has 0 aliphatic heterocycles. The Bertz CT molecular complexity index is 492. The van der Waals surface area contributed by atoms with Gasteiger partial charge in [0.15, 0.2) is 0 Å². The van der Waals surface area contributed by atoms with E-state index in [2.05, 4.69) is 24.9 Å². The molecule has 1 heterocycles. The van der Waals surface area contributed by atoms with Crippen molar-refractivity contribution in [2.45, 2.75) is 32.1 Å². The van der Waals surface area contributed by atoms with Gasteiger partial charge < -0.3 is 5.11 Å². The molecule has 1 unspecified atom stereocenters. The maximum absolute atomic E-state index is 9.32. The average Bonchev–Trinajstić information content (AvgIpc) is 2.42. The molecule has 0 amide bonds. The fourth-order valence-corrected chi connectivity index (χ4v) is 2.22. The molecule has 2 rings (SSSR count). The quantitative estimate of drug-likeness (QED) is 0.885. The summed E-state index contributed by atoms with van der Waals surface area (Å²) in [7, 11) is 0. The van der Waals surface area contributed by atoms with Gasteiger partial charge in [-0.1, -0.05) is 32.0 Å². The van der Waals surface area contributed by atoms with Gasteiger partial charge in [-0.15, -0.1) is 0 Å². The standard InChI is InChI=1S/C16H19NO/c1-3-16(2,14-5-4-10-17-12-14)11-13-6-8-15(18)9-7-13/h4-10,12,18H,3,11H2,1-2H3. The van der Waals surface area contributed by atoms with Crippen molar-refractivity contribution in [3.63, 3.8) is 0 Å². The zero-order valence-electron chi connectivity index (χ0n) is 10.9. The van der Waals surface area contributed by atoms with Crippen LogP contribution in [0.4, 0.5) is 0 Å². The maximum Gasteiger partial charge on any atom is 0.115 e. The number of phenols is 1. The summed E-state index contributed by atoms with van der Waals surface area (Å²) in [5.74, 6) is 0.318. The van der Waals surface area contributed by atoms with E-state index in [1.807, 2.05) is 24.4 Å². The molecule has 1 atom stereocenters. The van der Waals surface area contributed by atoms with Crippen LogP contribution in [0.15, 0.2) is 48.8 Å². The number of aromatic nitrogens is 1. The summed E-state index contributed by atoms with van der Waals surface area (Å²) in [6.45, 7) is 4.46. The smallest absolute Gasteiger partial charge is 0.115 e. The number of hydrogen-bond donors (Lipinski definition) is 1. The van der Waals surface area contributed by atoms with Crippen molar-refractivity contribution >= 4 is 0 Å². The summed E-state index contributed by atoms with van der Waals surface area (Å²) in [5, 5.41) is 9.32. The zero-order chi connectivity index (χ0) is 13.0. The van der Waals surface area contributed by atoms with Gasteiger partial charge in [0.05, 0.1) is 0 Å². The van der Waals surface area contributed by atoms with Crippen LogP contribution in [0, 0.1) is 0 Å². The molecule has 0 saturated carbocycles. The van der Waals surface area contributed by atoms with Crippen molar-refractivity contribution in [1.82, 2.24) is 4.98 Å². The van der Waals surface area contributed by atoms with E-state index in [1.54, 1.807) is 18.3 Å². The molecule has 0 aliphatic carbocycles. The molecular formula is C16H19NO. The van der Waals surface area contributed by atoms with Crippen LogP contribution in [0.3, 0.4) is 0 Å². The number of hydrogen-bond acceptors (Lipinski definition) is 2. The van der Waals surface area contributed by atoms with Crippen LogP contribution >= 0.6 is 0 Å². The molecule has 1 aromatic heterocycles. The Morgan fingerprint density at radius 3 is 2.44 bits per heavy atom. The third-order valence-corrected chi connectivity index (χ3v) is 3.67. The van der Waals surface area contributed by atoms with Gasteiger partial charge in [-0.25, -0.2) is 0 Å². The highest BCUT2D eigenvalue weighted by molar-refractivity contribution is 5.30. The second kappa shape index (κ2) is 5.21. The summed E-state index contributed by atoms with van der Waals surface area (Å²) in [4.78, 5) is 4.21. The summed E-state index contributed by atoms with van der Waals surface area (Å²) in [5.41, 5.74) is 2.59. The van der Waals surface area contributed by atoms with Gasteiger partial charge >= 0.3 is 0 Å². The lowest BCUT2D eigenvalue weighted by molar-refractivity contribution is 0.448. The fourth-order valence-electron chi connectivity index (χ4n) is 2.22. The number of aromatic hydroxyl groups is 1. The molecule has 0 spiro atoms. The number of nitrogens with zero attached hydrogens (tertiary/aromatic N) is 1. The van der Waals surface area contributed by atoms with Gasteiger partial charge in [0.1, 0.15) is 5.75 Å². The van der Waals surface area contributed by atoms with Crippen molar-refractivity contribution in [2.75, 3.05) is 0 Å². The maximum atomic E-state index is 9.32. The topological polar surface area (TPSA) is 33.1 Å². The molecule has 0 radical (unpaired) electrons. The van der Waals surface area contributed by atoms with Crippen molar-refractivity contribution in [2.24, 2.45) is 0 Å². The van der Waals surface area contributed by atoms with Crippen LogP contribution in [0.1, 0.15) is 31.4 Å². The minimum atomic E-state index is 0.0885. The lowest BCUT2D eigenvalue weighted by Crippen LogP contribution is -2.24. The van der Waals surface area contributed by atoms with Crippen LogP contribution in [0.2, 0.25) is 0 Å². The van der Waals surface area contributed by atoms with E-state index in [0.717, 1.165) is 12.8 Å². The van der Waals surface area contributed by atoms with E-state index in [1.165, 1.54) is 11.1 Å². The highest BCUT2D eigenvalue weighted by atomic mass is 16.3. The van der Waals surface area contributed by atoms with Crippen LogP contribution in [-0.2, 0) is 11.8 Å². The van der Waals surface area contributed by atoms with E-state index >= 15 is 0 Å². The molecule has 0 saturated heterocycles. The van der Waals surface area contributed by atoms with Crippen molar-refractivity contribution < 1.29 is 5.11 Å². The van der Waals surface area contributed by atoms with E-state index in [0.29, 0.717) is 5.75 Å². The van der Waals surface area contributed by atoms with Gasteiger partial charge in [-0.2, -0.15) is 0 Å². The predicted octanol–water partition coefficient (Wildman–Crippen LogP) is 3.70. The lowest BCUT2D eigenvalue weighted by atomic mass is 9.76. The Morgan fingerprint density at radius 2 is 1.89 bits per heavy atom. The van der Waals surface area contributed by atoms with Crippen LogP contribution in [0.5, 0.6) is 5.75 Å². The van der Waals surface area contributed by atoms with Gasteiger partial charge in [-0.05, 0) is 47.6 Å². The third-order valence-electron chi connectivity index (χ3n) is 3.67. The fraction of sp³-hybridized carbons (Fsp3) is 0.312. The van der Waals surface area contributed by atoms with Crippen molar-refractivity contribution in [3.8, 4) is 5.75 Å². The van der Waals surface area contributed by atoms with E-state index in [4.69, 9.17) is 0 Å². The summed E-state index contributed by atoms with van der Waals surface area (Å²) in [6, 6.07) is 11.6. The summed E-state index contributed by atoms with van der Waals surface area (Å²) < 4.78 is 0. The largest absolute Gasteiger partial charge is 0.508 e. The van der Waals surface area contributed by atoms with Crippen LogP contribution < -0.4 is 0 Å². The monoisotopic (exact) mass is 241 g/mol. The zero-order valence-corrected chi connectivity index (χ0v) is 10.9. The Kier molecular flexibility index (Phi) is 3.66. The highest BCUT2D eigenvalue weighted by Crippen LogP contribution is 2.31. The average molecular weight is 241 g/mol. The summed E-state index contributed by atoms with van der Waals surface area (Å²) in [6.07, 6.45) is 5.76. The van der Waals surface area contributed by atoms with Gasteiger partial charge in [0.2, 0.25) is 0 Å². The van der Waals surface area contributed by atoms with E-state index in [-0.39, 0.29) is 5.41 Å². The Morgan fingerprint density at radius 1 is 1.17 bits per heavy atom. The second-order valence-electron chi connectivity index (χ2n) is 5.00. The van der Waals surface area contributed by atoms with E-state index in [9.17, 15) is 5.11 Å². The van der Waals surface area contributed by atoms with Gasteiger partial charge in [0, 0.05) is 12.4 Å². The highest BCUT2D eigenvalue weighted by Gasteiger charge is 2.25. The molecule has 18 heavy (non-hydrogen) atoms. The number of rotatable bonds is 4. The van der Waals surface area contributed by atoms with Crippen molar-refractivity contribution in [3.05, 3.63) is 59.9 Å². The Hall–Kier alpha value is -1.83. The second-order valence-corrected chi connectivity index (χ2v) is 5.00. The molecular weight excluding hydrogens is 222 g/mol. The van der Waals surface area contributed by atoms with Gasteiger partial charge in [0.25, 0.3) is 0 Å². The first-order chi connectivity index (χ1) is 8.64. The number of benzene rings is 1. The van der Waals surface area contributed by atoms with E-state index < -0.39 is 0 Å². The predicted molar refractivity (Wildman–Crippen MR) is 73.7 cm³/mol. The SMILES string of the molecule is CCC(C)(Cc1ccc(O)cc1)c1cccnc1. The minimum Gasteiger partial charge on any atom is -0.508 e. The normalized spacial score (nSPS) is 14.1. The van der Waals surface area contributed by atoms with Gasteiger partial charge in [-0.3, -0.25) is 4.98 Å². The van der Waals surface area contributed by atoms with Crippen LogP contribution in [-0.4, -0.2) is 10.1 Å². The molecule has 2 heteroatoms. The molecule has 1 aromatic carbocycles. The van der Waals surface area contributed by atoms with Crippen LogP contribution in [0.25, 0.3) is 0 Å². The first-order valence-electron chi connectivity index (χ1n) is 6.32. The molecule has 1 N–H and O–H groups in total. The first kappa shape index (κ1) is 12.6. The molecule has 0 bridgehead atoms. The van der Waals surface area contributed by atoms with Crippen molar-refractivity contribution in [1.29, 1.82) is 0 Å². The molecule has 2 aromatic rings. The molecule has 94 valence electrons. The molecule has 2 nitrogen and oxygen atoms in total. The Labute approximate surface area is 108 Å². The third kappa shape index (κ3) is 2.70. The number of phenolic OH excluding ortho intramolecular Hbond substituents is 1. The first-order valence-corrected chi connectivity index (χ1v) is 6.32. The lowest BCUT2D eigenvalue weighted by Gasteiger charge is -2.28. The molecule has 0 aliphatic rings. The Balaban J connectivity index is 2.26. The number of pyridine rings is 1. The molecule has 0 fully saturated rings. The minimum absolute atomic E-state index is 0.0885.